The summed E-state index contributed by atoms with van der Waals surface area (Å²) in [5, 5.41) is 4.47. The lowest BCUT2D eigenvalue weighted by molar-refractivity contribution is 0.521. The Kier molecular flexibility index (Phi) is 4.52. The average Bonchev–Trinajstić information content (AvgIpc) is 3.25. The number of rotatable bonds is 4. The van der Waals surface area contributed by atoms with Gasteiger partial charge in [-0.3, -0.25) is 0 Å². The van der Waals surface area contributed by atoms with Crippen LogP contribution in [0.15, 0.2) is 18.2 Å². The van der Waals surface area contributed by atoms with Gasteiger partial charge in [-0.05, 0) is 61.8 Å². The Morgan fingerprint density at radius 2 is 2.05 bits per heavy atom. The monoisotopic (exact) mass is 292 g/mol. The minimum Gasteiger partial charge on any atom is -0.371 e. The lowest BCUT2D eigenvalue weighted by Gasteiger charge is -2.26. The number of nitrogens with one attached hydrogen (secondary N) is 1. The van der Waals surface area contributed by atoms with Crippen molar-refractivity contribution in [2.75, 3.05) is 18.0 Å². The molecular formula is C17H25ClN2. The highest BCUT2D eigenvalue weighted by Crippen LogP contribution is 2.29. The van der Waals surface area contributed by atoms with Crippen LogP contribution in [0.25, 0.3) is 0 Å². The van der Waals surface area contributed by atoms with E-state index in [-0.39, 0.29) is 0 Å². The number of hydrogen-bond donors (Lipinski definition) is 1. The molecule has 0 aromatic heterocycles. The molecule has 3 heteroatoms. The Hall–Kier alpha value is -0.730. The molecule has 0 amide bonds. The van der Waals surface area contributed by atoms with E-state index in [0.29, 0.717) is 0 Å². The Morgan fingerprint density at radius 1 is 1.20 bits per heavy atom. The predicted octanol–water partition coefficient (Wildman–Crippen LogP) is 4.22. The van der Waals surface area contributed by atoms with Crippen molar-refractivity contribution in [3.63, 3.8) is 0 Å². The summed E-state index contributed by atoms with van der Waals surface area (Å²) in [4.78, 5) is 2.56. The van der Waals surface area contributed by atoms with Gasteiger partial charge in [-0.2, -0.15) is 0 Å². The van der Waals surface area contributed by atoms with Crippen molar-refractivity contribution >= 4 is 17.3 Å². The van der Waals surface area contributed by atoms with E-state index in [1.807, 2.05) is 6.07 Å². The van der Waals surface area contributed by atoms with E-state index in [1.54, 1.807) is 0 Å². The van der Waals surface area contributed by atoms with E-state index in [2.05, 4.69) is 29.3 Å². The first-order chi connectivity index (χ1) is 9.72. The highest BCUT2D eigenvalue weighted by molar-refractivity contribution is 6.30. The van der Waals surface area contributed by atoms with Crippen LogP contribution in [-0.4, -0.2) is 19.1 Å². The van der Waals surface area contributed by atoms with Gasteiger partial charge >= 0.3 is 0 Å². The molecule has 1 aliphatic heterocycles. The highest BCUT2D eigenvalue weighted by atomic mass is 35.5. The van der Waals surface area contributed by atoms with E-state index in [0.717, 1.165) is 23.5 Å². The molecule has 2 aliphatic rings. The van der Waals surface area contributed by atoms with Crippen LogP contribution in [0.2, 0.25) is 5.02 Å². The fourth-order valence-electron chi connectivity index (χ4n) is 3.05. The van der Waals surface area contributed by atoms with Crippen LogP contribution >= 0.6 is 11.6 Å². The highest BCUT2D eigenvalue weighted by Gasteiger charge is 2.22. The van der Waals surface area contributed by atoms with Gasteiger partial charge < -0.3 is 10.2 Å². The molecular weight excluding hydrogens is 268 g/mol. The normalized spacial score (nSPS) is 23.7. The van der Waals surface area contributed by atoms with Crippen LogP contribution in [0.1, 0.15) is 44.6 Å². The standard InChI is InChI=1S/C17H25ClN2/c1-13-3-2-9-20(10-8-13)17-7-4-15(18)11-14(17)12-19-16-5-6-16/h4,7,11,13,16,19H,2-3,5-6,8-10,12H2,1H3. The third-order valence-electron chi connectivity index (χ3n) is 4.56. The summed E-state index contributed by atoms with van der Waals surface area (Å²) >= 11 is 6.20. The van der Waals surface area contributed by atoms with Crippen molar-refractivity contribution in [2.45, 2.75) is 51.6 Å². The molecule has 0 spiro atoms. The third kappa shape index (κ3) is 3.67. The van der Waals surface area contributed by atoms with E-state index in [1.165, 1.54) is 56.4 Å². The number of benzene rings is 1. The van der Waals surface area contributed by atoms with Crippen molar-refractivity contribution in [3.8, 4) is 0 Å². The van der Waals surface area contributed by atoms with Gasteiger partial charge in [-0.15, -0.1) is 0 Å². The SMILES string of the molecule is CC1CCCN(c2ccc(Cl)cc2CNC2CC2)CC1. The Morgan fingerprint density at radius 3 is 2.85 bits per heavy atom. The number of nitrogens with zero attached hydrogens (tertiary/aromatic N) is 1. The number of halogens is 1. The fraction of sp³-hybridized carbons (Fsp3) is 0.647. The first kappa shape index (κ1) is 14.2. The number of hydrogen-bond acceptors (Lipinski definition) is 2. The molecule has 1 heterocycles. The zero-order valence-corrected chi connectivity index (χ0v) is 13.1. The molecule has 1 aromatic carbocycles. The van der Waals surface area contributed by atoms with Gasteiger partial charge in [0.05, 0.1) is 0 Å². The Labute approximate surface area is 127 Å². The van der Waals surface area contributed by atoms with Crippen LogP contribution < -0.4 is 10.2 Å². The molecule has 0 bridgehead atoms. The van der Waals surface area contributed by atoms with E-state index in [4.69, 9.17) is 11.6 Å². The minimum atomic E-state index is 0.742. The van der Waals surface area contributed by atoms with Crippen molar-refractivity contribution in [1.29, 1.82) is 0 Å². The second-order valence-corrected chi connectivity index (χ2v) is 6.89. The lowest BCUT2D eigenvalue weighted by Crippen LogP contribution is -2.26. The second-order valence-electron chi connectivity index (χ2n) is 6.45. The van der Waals surface area contributed by atoms with Crippen LogP contribution in [0, 0.1) is 5.92 Å². The van der Waals surface area contributed by atoms with Gasteiger partial charge in [0.15, 0.2) is 0 Å². The molecule has 3 rings (SSSR count). The summed E-state index contributed by atoms with van der Waals surface area (Å²) in [7, 11) is 0. The van der Waals surface area contributed by atoms with Gasteiger partial charge in [0.2, 0.25) is 0 Å². The first-order valence-electron chi connectivity index (χ1n) is 7.99. The molecule has 1 unspecified atom stereocenters. The van der Waals surface area contributed by atoms with Crippen molar-refractivity contribution in [1.82, 2.24) is 5.32 Å². The van der Waals surface area contributed by atoms with Gasteiger partial charge in [-0.1, -0.05) is 18.5 Å². The maximum atomic E-state index is 6.20. The number of anilines is 1. The zero-order valence-electron chi connectivity index (χ0n) is 12.4. The Bertz CT molecular complexity index is 456. The van der Waals surface area contributed by atoms with E-state index >= 15 is 0 Å². The smallest absolute Gasteiger partial charge is 0.0412 e. The largest absolute Gasteiger partial charge is 0.371 e. The Balaban J connectivity index is 1.75. The summed E-state index contributed by atoms with van der Waals surface area (Å²) in [6, 6.07) is 7.13. The first-order valence-corrected chi connectivity index (χ1v) is 8.37. The predicted molar refractivity (Wildman–Crippen MR) is 86.5 cm³/mol. The van der Waals surface area contributed by atoms with Gasteiger partial charge in [0.1, 0.15) is 0 Å². The molecule has 1 atom stereocenters. The van der Waals surface area contributed by atoms with Crippen LogP contribution in [0.4, 0.5) is 5.69 Å². The quantitative estimate of drug-likeness (QED) is 0.894. The third-order valence-corrected chi connectivity index (χ3v) is 4.79. The summed E-state index contributed by atoms with van der Waals surface area (Å²) in [5.74, 6) is 0.861. The van der Waals surface area contributed by atoms with Crippen molar-refractivity contribution in [3.05, 3.63) is 28.8 Å². The summed E-state index contributed by atoms with van der Waals surface area (Å²) in [6.07, 6.45) is 6.63. The van der Waals surface area contributed by atoms with E-state index in [9.17, 15) is 0 Å². The molecule has 2 fully saturated rings. The molecule has 1 aliphatic carbocycles. The van der Waals surface area contributed by atoms with E-state index < -0.39 is 0 Å². The maximum Gasteiger partial charge on any atom is 0.0412 e. The molecule has 1 N–H and O–H groups in total. The zero-order chi connectivity index (χ0) is 13.9. The average molecular weight is 293 g/mol. The van der Waals surface area contributed by atoms with Crippen molar-refractivity contribution < 1.29 is 0 Å². The topological polar surface area (TPSA) is 15.3 Å². The second kappa shape index (κ2) is 6.36. The fourth-order valence-corrected chi connectivity index (χ4v) is 3.24. The molecule has 1 saturated heterocycles. The van der Waals surface area contributed by atoms with Crippen LogP contribution in [0.5, 0.6) is 0 Å². The van der Waals surface area contributed by atoms with Crippen LogP contribution in [0.3, 0.4) is 0 Å². The lowest BCUT2D eigenvalue weighted by atomic mass is 10.0. The summed E-state index contributed by atoms with van der Waals surface area (Å²) in [6.45, 7) is 5.69. The molecule has 1 saturated carbocycles. The molecule has 110 valence electrons. The molecule has 1 aromatic rings. The summed E-state index contributed by atoms with van der Waals surface area (Å²) < 4.78 is 0. The molecule has 20 heavy (non-hydrogen) atoms. The van der Waals surface area contributed by atoms with Gasteiger partial charge in [0.25, 0.3) is 0 Å². The summed E-state index contributed by atoms with van der Waals surface area (Å²) in [5.41, 5.74) is 2.75. The van der Waals surface area contributed by atoms with Crippen LogP contribution in [-0.2, 0) is 6.54 Å². The maximum absolute atomic E-state index is 6.20. The van der Waals surface area contributed by atoms with Gasteiger partial charge in [-0.25, -0.2) is 0 Å². The van der Waals surface area contributed by atoms with Crippen molar-refractivity contribution in [2.24, 2.45) is 5.92 Å². The van der Waals surface area contributed by atoms with Gasteiger partial charge in [0, 0.05) is 36.4 Å². The molecule has 0 radical (unpaired) electrons. The minimum absolute atomic E-state index is 0.742. The molecule has 2 nitrogen and oxygen atoms in total.